The van der Waals surface area contributed by atoms with Gasteiger partial charge in [-0.2, -0.15) is 13.2 Å². The topological polar surface area (TPSA) is 0 Å². The highest BCUT2D eigenvalue weighted by molar-refractivity contribution is 5.42. The zero-order valence-corrected chi connectivity index (χ0v) is 10.3. The average Bonchev–Trinajstić information content (AvgIpc) is 1.97. The summed E-state index contributed by atoms with van der Waals surface area (Å²) in [6.45, 7) is 9.02. The minimum Gasteiger partial charge on any atom is -0.166 e. The molecule has 0 radical (unpaired) electrons. The van der Waals surface area contributed by atoms with E-state index in [2.05, 4.69) is 0 Å². The molecule has 1 rings (SSSR count). The van der Waals surface area contributed by atoms with Crippen molar-refractivity contribution >= 4 is 0 Å². The Kier molecular flexibility index (Phi) is 3.10. The smallest absolute Gasteiger partial charge is 0.166 e. The molecule has 0 unspecified atom stereocenters. The van der Waals surface area contributed by atoms with Crippen LogP contribution in [0.1, 0.15) is 43.0 Å². The first-order valence-electron chi connectivity index (χ1n) is 5.22. The molecule has 0 aliphatic rings. The number of hydrogen-bond acceptors (Lipinski definition) is 0. The predicted molar refractivity (Wildman–Crippen MR) is 59.6 cm³/mol. The predicted octanol–water partition coefficient (Wildman–Crippen LogP) is 4.62. The molecule has 16 heavy (non-hydrogen) atoms. The van der Waals surface area contributed by atoms with Gasteiger partial charge in [-0.05, 0) is 36.0 Å². The molecule has 90 valence electrons. The molecule has 0 aromatic heterocycles. The minimum atomic E-state index is -4.26. The van der Waals surface area contributed by atoms with E-state index in [1.54, 1.807) is 12.1 Å². The molecule has 0 spiro atoms. The van der Waals surface area contributed by atoms with Crippen molar-refractivity contribution in [2.45, 2.75) is 46.2 Å². The van der Waals surface area contributed by atoms with Crippen LogP contribution in [0.2, 0.25) is 0 Å². The van der Waals surface area contributed by atoms with Crippen LogP contribution in [0, 0.1) is 13.8 Å². The molecule has 3 heteroatoms. The summed E-state index contributed by atoms with van der Waals surface area (Å²) in [5.41, 5.74) is 0.922. The molecule has 0 saturated carbocycles. The normalized spacial score (nSPS) is 13.0. The van der Waals surface area contributed by atoms with Crippen molar-refractivity contribution in [3.8, 4) is 0 Å². The van der Waals surface area contributed by atoms with Gasteiger partial charge < -0.3 is 0 Å². The molecule has 0 bridgehead atoms. The van der Waals surface area contributed by atoms with Gasteiger partial charge in [0.15, 0.2) is 0 Å². The Hall–Kier alpha value is -0.990. The number of benzene rings is 1. The number of aryl methyl sites for hydroxylation is 2. The van der Waals surface area contributed by atoms with E-state index in [0.29, 0.717) is 11.1 Å². The summed E-state index contributed by atoms with van der Waals surface area (Å²) in [6.07, 6.45) is -4.26. The second kappa shape index (κ2) is 3.79. The highest BCUT2D eigenvalue weighted by atomic mass is 19.4. The molecule has 1 aromatic rings. The Morgan fingerprint density at radius 2 is 1.25 bits per heavy atom. The van der Waals surface area contributed by atoms with Crippen molar-refractivity contribution in [3.63, 3.8) is 0 Å². The molecular formula is C13H17F3. The third-order valence-corrected chi connectivity index (χ3v) is 2.68. The molecule has 0 amide bonds. The number of alkyl halides is 3. The Balaban J connectivity index is 3.41. The molecule has 0 atom stereocenters. The van der Waals surface area contributed by atoms with Crippen LogP contribution in [0.5, 0.6) is 0 Å². The van der Waals surface area contributed by atoms with Crippen LogP contribution in [0.4, 0.5) is 13.2 Å². The van der Waals surface area contributed by atoms with Crippen LogP contribution < -0.4 is 0 Å². The average molecular weight is 230 g/mol. The second-order valence-corrected chi connectivity index (χ2v) is 5.23. The zero-order valence-electron chi connectivity index (χ0n) is 10.3. The lowest BCUT2D eigenvalue weighted by Gasteiger charge is -2.23. The van der Waals surface area contributed by atoms with Gasteiger partial charge >= 0.3 is 6.18 Å². The van der Waals surface area contributed by atoms with Gasteiger partial charge in [-0.1, -0.05) is 32.9 Å². The number of rotatable bonds is 0. The summed E-state index contributed by atoms with van der Waals surface area (Å²) >= 11 is 0. The number of hydrogen-bond donors (Lipinski definition) is 0. The summed E-state index contributed by atoms with van der Waals surface area (Å²) in [4.78, 5) is 0. The largest absolute Gasteiger partial charge is 0.416 e. The maximum atomic E-state index is 12.7. The summed E-state index contributed by atoms with van der Waals surface area (Å²) in [5.74, 6) is 0. The van der Waals surface area contributed by atoms with Crippen molar-refractivity contribution in [2.75, 3.05) is 0 Å². The van der Waals surface area contributed by atoms with E-state index in [-0.39, 0.29) is 5.41 Å². The summed E-state index contributed by atoms with van der Waals surface area (Å²) in [6, 6.07) is 3.27. The van der Waals surface area contributed by atoms with E-state index in [1.165, 1.54) is 13.8 Å². The summed E-state index contributed by atoms with van der Waals surface area (Å²) < 4.78 is 38.2. The molecule has 1 aromatic carbocycles. The van der Waals surface area contributed by atoms with E-state index in [1.807, 2.05) is 20.8 Å². The maximum absolute atomic E-state index is 12.7. The maximum Gasteiger partial charge on any atom is 0.416 e. The highest BCUT2D eigenvalue weighted by Crippen LogP contribution is 2.36. The Bertz CT molecular complexity index is 372. The first kappa shape index (κ1) is 13.1. The molecule has 0 heterocycles. The van der Waals surface area contributed by atoms with E-state index in [0.717, 1.165) is 5.56 Å². The van der Waals surface area contributed by atoms with Crippen molar-refractivity contribution in [2.24, 2.45) is 0 Å². The van der Waals surface area contributed by atoms with E-state index >= 15 is 0 Å². The Morgan fingerprint density at radius 3 is 1.50 bits per heavy atom. The van der Waals surface area contributed by atoms with Gasteiger partial charge in [-0.3, -0.25) is 0 Å². The lowest BCUT2D eigenvalue weighted by Crippen LogP contribution is -2.15. The van der Waals surface area contributed by atoms with Crippen molar-refractivity contribution < 1.29 is 13.2 Å². The molecule has 0 fully saturated rings. The summed E-state index contributed by atoms with van der Waals surface area (Å²) in [5, 5.41) is 0. The van der Waals surface area contributed by atoms with Crippen LogP contribution >= 0.6 is 0 Å². The molecule has 0 N–H and O–H groups in total. The van der Waals surface area contributed by atoms with E-state index < -0.39 is 11.7 Å². The van der Waals surface area contributed by atoms with Gasteiger partial charge in [0, 0.05) is 0 Å². The Labute approximate surface area is 94.5 Å². The van der Waals surface area contributed by atoms with Crippen molar-refractivity contribution in [3.05, 3.63) is 34.4 Å². The first-order valence-corrected chi connectivity index (χ1v) is 5.22. The fourth-order valence-electron chi connectivity index (χ4n) is 1.84. The van der Waals surface area contributed by atoms with Gasteiger partial charge in [-0.25, -0.2) is 0 Å². The fourth-order valence-corrected chi connectivity index (χ4v) is 1.84. The van der Waals surface area contributed by atoms with Gasteiger partial charge in [0.1, 0.15) is 0 Å². The quantitative estimate of drug-likeness (QED) is 0.610. The Morgan fingerprint density at radius 1 is 0.875 bits per heavy atom. The van der Waals surface area contributed by atoms with E-state index in [4.69, 9.17) is 0 Å². The first-order chi connectivity index (χ1) is 7.03. The van der Waals surface area contributed by atoms with Gasteiger partial charge in [0.2, 0.25) is 0 Å². The SMILES string of the molecule is Cc1cc(C(C)(C)C)cc(C)c1C(F)(F)F. The van der Waals surface area contributed by atoms with Gasteiger partial charge in [-0.15, -0.1) is 0 Å². The minimum absolute atomic E-state index is 0.125. The standard InChI is InChI=1S/C13H17F3/c1-8-6-10(12(3,4)5)7-9(2)11(8)13(14,15)16/h6-7H,1-5H3. The second-order valence-electron chi connectivity index (χ2n) is 5.23. The summed E-state index contributed by atoms with van der Waals surface area (Å²) in [7, 11) is 0. The fraction of sp³-hybridized carbons (Fsp3) is 0.538. The lowest BCUT2D eigenvalue weighted by atomic mass is 9.84. The van der Waals surface area contributed by atoms with Gasteiger partial charge in [0.25, 0.3) is 0 Å². The zero-order chi connectivity index (χ0) is 12.7. The molecule has 0 aliphatic carbocycles. The van der Waals surface area contributed by atoms with Crippen molar-refractivity contribution in [1.82, 2.24) is 0 Å². The molecule has 0 saturated heterocycles. The highest BCUT2D eigenvalue weighted by Gasteiger charge is 2.34. The third kappa shape index (κ3) is 2.57. The van der Waals surface area contributed by atoms with Crippen LogP contribution in [0.3, 0.4) is 0 Å². The molecular weight excluding hydrogens is 213 g/mol. The van der Waals surface area contributed by atoms with Gasteiger partial charge in [0.05, 0.1) is 5.56 Å². The third-order valence-electron chi connectivity index (χ3n) is 2.68. The van der Waals surface area contributed by atoms with E-state index in [9.17, 15) is 13.2 Å². The van der Waals surface area contributed by atoms with Crippen LogP contribution in [0.25, 0.3) is 0 Å². The lowest BCUT2D eigenvalue weighted by molar-refractivity contribution is -0.138. The molecule has 0 nitrogen and oxygen atoms in total. The van der Waals surface area contributed by atoms with Crippen LogP contribution in [-0.4, -0.2) is 0 Å². The van der Waals surface area contributed by atoms with Crippen LogP contribution in [-0.2, 0) is 11.6 Å². The molecule has 0 aliphatic heterocycles. The monoisotopic (exact) mass is 230 g/mol. The van der Waals surface area contributed by atoms with Crippen LogP contribution in [0.15, 0.2) is 12.1 Å². The van der Waals surface area contributed by atoms with Crippen molar-refractivity contribution in [1.29, 1.82) is 0 Å². The number of halogens is 3.